The number of hydrogen-bond acceptors (Lipinski definition) is 3. The third-order valence-corrected chi connectivity index (χ3v) is 6.15. The first-order valence-corrected chi connectivity index (χ1v) is 10.4. The number of piperidine rings is 2. The van der Waals surface area contributed by atoms with Crippen molar-refractivity contribution in [1.29, 1.82) is 0 Å². The Hall–Kier alpha value is -2.66. The van der Waals surface area contributed by atoms with Gasteiger partial charge in [-0.1, -0.05) is 41.9 Å². The van der Waals surface area contributed by atoms with Crippen molar-refractivity contribution in [2.45, 2.75) is 38.0 Å². The third-order valence-electron chi connectivity index (χ3n) is 5.73. The van der Waals surface area contributed by atoms with E-state index in [2.05, 4.69) is 5.32 Å². The zero-order valence-electron chi connectivity index (χ0n) is 16.1. The molecule has 1 unspecified atom stereocenters. The highest BCUT2D eigenvalue weighted by Crippen LogP contribution is 2.37. The highest BCUT2D eigenvalue weighted by molar-refractivity contribution is 6.34. The molecule has 2 saturated heterocycles. The summed E-state index contributed by atoms with van der Waals surface area (Å²) in [4.78, 5) is 38.2. The molecule has 0 saturated carbocycles. The molecule has 0 spiro atoms. The summed E-state index contributed by atoms with van der Waals surface area (Å²) >= 11 is 6.66. The molecule has 2 aliphatic rings. The minimum Gasteiger partial charge on any atom is -0.339 e. The standard InChI is InChI=1S/C23H23ClN2O3/c24-21-17(5-4-6-18(21)19-11-12-20(27)25-22(19)28)15-7-9-16(10-8-15)23(29)26-13-2-1-3-14-26/h4-10,19H,1-3,11-14H2,(H,25,27,28). The second-order valence-corrected chi connectivity index (χ2v) is 8.02. The van der Waals surface area contributed by atoms with Crippen LogP contribution in [0.1, 0.15) is 53.9 Å². The van der Waals surface area contributed by atoms with Gasteiger partial charge in [-0.2, -0.15) is 0 Å². The number of nitrogens with one attached hydrogen (secondary N) is 1. The number of rotatable bonds is 3. The number of nitrogens with zero attached hydrogens (tertiary/aromatic N) is 1. The van der Waals surface area contributed by atoms with E-state index in [9.17, 15) is 14.4 Å². The number of carbonyl (C=O) groups excluding carboxylic acids is 3. The van der Waals surface area contributed by atoms with Crippen LogP contribution >= 0.6 is 11.6 Å². The van der Waals surface area contributed by atoms with Crippen molar-refractivity contribution in [2.24, 2.45) is 0 Å². The van der Waals surface area contributed by atoms with Gasteiger partial charge in [0.15, 0.2) is 0 Å². The van der Waals surface area contributed by atoms with Crippen LogP contribution in [0.2, 0.25) is 5.02 Å². The summed E-state index contributed by atoms with van der Waals surface area (Å²) in [5, 5.41) is 2.90. The predicted molar refractivity (Wildman–Crippen MR) is 112 cm³/mol. The van der Waals surface area contributed by atoms with Gasteiger partial charge in [0.2, 0.25) is 11.8 Å². The summed E-state index contributed by atoms with van der Waals surface area (Å²) in [6.45, 7) is 1.64. The van der Waals surface area contributed by atoms with E-state index < -0.39 is 5.92 Å². The minimum atomic E-state index is -0.430. The molecule has 4 rings (SSSR count). The number of halogens is 1. The van der Waals surface area contributed by atoms with Gasteiger partial charge in [-0.25, -0.2) is 0 Å². The first-order valence-electron chi connectivity index (χ1n) is 10.1. The van der Waals surface area contributed by atoms with Crippen LogP contribution < -0.4 is 5.32 Å². The topological polar surface area (TPSA) is 66.5 Å². The third kappa shape index (κ3) is 4.06. The van der Waals surface area contributed by atoms with Crippen molar-refractivity contribution in [3.63, 3.8) is 0 Å². The van der Waals surface area contributed by atoms with Crippen LogP contribution in [0.25, 0.3) is 11.1 Å². The maximum atomic E-state index is 12.7. The molecule has 0 bridgehead atoms. The average molecular weight is 411 g/mol. The zero-order chi connectivity index (χ0) is 20.4. The second-order valence-electron chi connectivity index (χ2n) is 7.64. The molecule has 29 heavy (non-hydrogen) atoms. The molecular formula is C23H23ClN2O3. The molecule has 2 aromatic rings. The number of amides is 3. The summed E-state index contributed by atoms with van der Waals surface area (Å²) in [5.74, 6) is -0.907. The Balaban J connectivity index is 1.58. The van der Waals surface area contributed by atoms with Crippen LogP contribution in [0.4, 0.5) is 0 Å². The molecule has 0 aromatic heterocycles. The molecule has 150 valence electrons. The molecule has 2 aliphatic heterocycles. The lowest BCUT2D eigenvalue weighted by molar-refractivity contribution is -0.134. The van der Waals surface area contributed by atoms with Crippen molar-refractivity contribution in [2.75, 3.05) is 13.1 Å². The average Bonchev–Trinajstić information content (AvgIpc) is 2.75. The van der Waals surface area contributed by atoms with Gasteiger partial charge in [0, 0.05) is 30.6 Å². The molecule has 0 radical (unpaired) electrons. The fourth-order valence-corrected chi connectivity index (χ4v) is 4.47. The smallest absolute Gasteiger partial charge is 0.253 e. The van der Waals surface area contributed by atoms with Crippen LogP contribution in [-0.2, 0) is 9.59 Å². The van der Waals surface area contributed by atoms with E-state index in [1.54, 1.807) is 0 Å². The molecular weight excluding hydrogens is 388 g/mol. The molecule has 6 heteroatoms. The fraction of sp³-hybridized carbons (Fsp3) is 0.348. The summed E-state index contributed by atoms with van der Waals surface area (Å²) in [7, 11) is 0. The maximum absolute atomic E-state index is 12.7. The summed E-state index contributed by atoms with van der Waals surface area (Å²) in [6.07, 6.45) is 4.07. The highest BCUT2D eigenvalue weighted by Gasteiger charge is 2.30. The predicted octanol–water partition coefficient (Wildman–Crippen LogP) is 4.15. The largest absolute Gasteiger partial charge is 0.339 e. The number of carbonyl (C=O) groups is 3. The van der Waals surface area contributed by atoms with E-state index in [0.29, 0.717) is 23.4 Å². The van der Waals surface area contributed by atoms with Crippen LogP contribution in [-0.4, -0.2) is 35.7 Å². The Morgan fingerprint density at radius 1 is 1.00 bits per heavy atom. The summed E-state index contributed by atoms with van der Waals surface area (Å²) in [5.41, 5.74) is 3.10. The molecule has 2 heterocycles. The van der Waals surface area contributed by atoms with Gasteiger partial charge in [-0.3, -0.25) is 19.7 Å². The van der Waals surface area contributed by atoms with Gasteiger partial charge < -0.3 is 4.90 Å². The number of benzene rings is 2. The SMILES string of the molecule is O=C1CCC(c2cccc(-c3ccc(C(=O)N4CCCCC4)cc3)c2Cl)C(=O)N1. The Labute approximate surface area is 175 Å². The Morgan fingerprint density at radius 2 is 1.72 bits per heavy atom. The van der Waals surface area contributed by atoms with Crippen LogP contribution in [0.15, 0.2) is 42.5 Å². The lowest BCUT2D eigenvalue weighted by Gasteiger charge is -2.26. The molecule has 0 aliphatic carbocycles. The lowest BCUT2D eigenvalue weighted by Crippen LogP contribution is -2.39. The number of likely N-dealkylation sites (tertiary alicyclic amines) is 1. The molecule has 1 atom stereocenters. The maximum Gasteiger partial charge on any atom is 0.253 e. The van der Waals surface area contributed by atoms with Crippen molar-refractivity contribution in [3.8, 4) is 11.1 Å². The van der Waals surface area contributed by atoms with Gasteiger partial charge in [0.1, 0.15) is 0 Å². The van der Waals surface area contributed by atoms with Crippen molar-refractivity contribution < 1.29 is 14.4 Å². The minimum absolute atomic E-state index is 0.0691. The second kappa shape index (κ2) is 8.37. The van der Waals surface area contributed by atoms with E-state index >= 15 is 0 Å². The summed E-state index contributed by atoms with van der Waals surface area (Å²) in [6, 6.07) is 13.1. The first-order chi connectivity index (χ1) is 14.0. The first kappa shape index (κ1) is 19.6. The number of imide groups is 1. The van der Waals surface area contributed by atoms with Gasteiger partial charge in [0.05, 0.1) is 10.9 Å². The Kier molecular flexibility index (Phi) is 5.67. The molecule has 1 N–H and O–H groups in total. The van der Waals surface area contributed by atoms with Crippen LogP contribution in [0.5, 0.6) is 0 Å². The normalized spacial score (nSPS) is 19.8. The van der Waals surface area contributed by atoms with Gasteiger partial charge in [-0.15, -0.1) is 0 Å². The molecule has 3 amide bonds. The van der Waals surface area contributed by atoms with Gasteiger partial charge in [-0.05, 0) is 48.9 Å². The van der Waals surface area contributed by atoms with E-state index in [1.165, 1.54) is 6.42 Å². The Morgan fingerprint density at radius 3 is 2.41 bits per heavy atom. The summed E-state index contributed by atoms with van der Waals surface area (Å²) < 4.78 is 0. The van der Waals surface area contributed by atoms with Crippen molar-refractivity contribution >= 4 is 29.3 Å². The molecule has 5 nitrogen and oxygen atoms in total. The van der Waals surface area contributed by atoms with E-state index in [0.717, 1.165) is 42.6 Å². The van der Waals surface area contributed by atoms with E-state index in [-0.39, 0.29) is 17.7 Å². The Bertz CT molecular complexity index is 949. The van der Waals surface area contributed by atoms with E-state index in [1.807, 2.05) is 47.4 Å². The fourth-order valence-electron chi connectivity index (χ4n) is 4.10. The van der Waals surface area contributed by atoms with Crippen molar-refractivity contribution in [1.82, 2.24) is 10.2 Å². The van der Waals surface area contributed by atoms with Gasteiger partial charge >= 0.3 is 0 Å². The lowest BCUT2D eigenvalue weighted by atomic mass is 9.88. The molecule has 2 aromatic carbocycles. The number of hydrogen-bond donors (Lipinski definition) is 1. The molecule has 2 fully saturated rings. The monoisotopic (exact) mass is 410 g/mol. The van der Waals surface area contributed by atoms with Gasteiger partial charge in [0.25, 0.3) is 5.91 Å². The van der Waals surface area contributed by atoms with Crippen LogP contribution in [0, 0.1) is 0 Å². The highest BCUT2D eigenvalue weighted by atomic mass is 35.5. The zero-order valence-corrected chi connectivity index (χ0v) is 16.9. The quantitative estimate of drug-likeness (QED) is 0.773. The van der Waals surface area contributed by atoms with Crippen molar-refractivity contribution in [3.05, 3.63) is 58.6 Å². The van der Waals surface area contributed by atoms with E-state index in [4.69, 9.17) is 11.6 Å². The van der Waals surface area contributed by atoms with Crippen LogP contribution in [0.3, 0.4) is 0 Å².